The zero-order chi connectivity index (χ0) is 15.2. The van der Waals surface area contributed by atoms with Gasteiger partial charge in [-0.3, -0.25) is 0 Å². The lowest BCUT2D eigenvalue weighted by Gasteiger charge is -2.22. The first-order valence-electron chi connectivity index (χ1n) is 6.76. The highest BCUT2D eigenvalue weighted by Crippen LogP contribution is 2.21. The summed E-state index contributed by atoms with van der Waals surface area (Å²) in [6, 6.07) is 6.64. The van der Waals surface area contributed by atoms with Gasteiger partial charge in [0.1, 0.15) is 4.90 Å². The Hall–Kier alpha value is -1.11. The van der Waals surface area contributed by atoms with Crippen molar-refractivity contribution >= 4 is 15.7 Å². The fraction of sp³-hybridized carbons (Fsp3) is 0.571. The number of hydrogen-bond acceptors (Lipinski definition) is 4. The summed E-state index contributed by atoms with van der Waals surface area (Å²) < 4.78 is 32.8. The molecule has 0 aromatic heterocycles. The van der Waals surface area contributed by atoms with Crippen LogP contribution in [-0.2, 0) is 14.8 Å². The molecule has 0 radical (unpaired) electrons. The van der Waals surface area contributed by atoms with Crippen LogP contribution in [0.4, 0.5) is 5.69 Å². The van der Waals surface area contributed by atoms with E-state index in [9.17, 15) is 8.42 Å². The van der Waals surface area contributed by atoms with Gasteiger partial charge in [0, 0.05) is 19.7 Å². The number of methoxy groups -OCH3 is 1. The fourth-order valence-electron chi connectivity index (χ4n) is 1.84. The average Bonchev–Trinajstić information content (AvgIpc) is 2.39. The van der Waals surface area contributed by atoms with Crippen LogP contribution in [0.3, 0.4) is 0 Å². The molecular weight excluding hydrogens is 276 g/mol. The van der Waals surface area contributed by atoms with Crippen molar-refractivity contribution in [2.45, 2.75) is 31.7 Å². The summed E-state index contributed by atoms with van der Waals surface area (Å²) in [5, 5.41) is 3.07. The molecule has 0 amide bonds. The highest BCUT2D eigenvalue weighted by Gasteiger charge is 2.24. The van der Waals surface area contributed by atoms with Crippen molar-refractivity contribution in [3.8, 4) is 0 Å². The zero-order valence-electron chi connectivity index (χ0n) is 12.5. The summed E-state index contributed by atoms with van der Waals surface area (Å²) in [7, 11) is -2.01. The molecule has 1 aromatic carbocycles. The van der Waals surface area contributed by atoms with E-state index in [0.29, 0.717) is 18.8 Å². The Morgan fingerprint density at radius 3 is 2.45 bits per heavy atom. The van der Waals surface area contributed by atoms with Gasteiger partial charge in [0.25, 0.3) is 0 Å². The van der Waals surface area contributed by atoms with E-state index in [4.69, 9.17) is 4.74 Å². The number of rotatable bonds is 8. The lowest BCUT2D eigenvalue weighted by Crippen LogP contribution is -2.41. The molecule has 1 unspecified atom stereocenters. The van der Waals surface area contributed by atoms with Crippen LogP contribution in [0.15, 0.2) is 29.2 Å². The largest absolute Gasteiger partial charge is 0.384 e. The Morgan fingerprint density at radius 2 is 1.90 bits per heavy atom. The number of sulfonamides is 1. The Bertz CT molecular complexity index is 515. The molecule has 0 bridgehead atoms. The van der Waals surface area contributed by atoms with E-state index in [2.05, 4.69) is 10.0 Å². The summed E-state index contributed by atoms with van der Waals surface area (Å²) in [6.07, 6.45) is 0. The standard InChI is InChI=1S/C14H24N2O3S/c1-5-15-12-8-6-7-9-14(12)20(17,18)16-13(10-19-4)11(2)3/h6-9,11,13,15-16H,5,10H2,1-4H3. The number of nitrogens with one attached hydrogen (secondary N) is 2. The van der Waals surface area contributed by atoms with Gasteiger partial charge in [0.2, 0.25) is 10.0 Å². The molecule has 0 aliphatic heterocycles. The van der Waals surface area contributed by atoms with Crippen molar-refractivity contribution in [2.75, 3.05) is 25.6 Å². The molecule has 0 heterocycles. The Labute approximate surface area is 121 Å². The van der Waals surface area contributed by atoms with Crippen molar-refractivity contribution in [3.63, 3.8) is 0 Å². The third kappa shape index (κ3) is 4.47. The van der Waals surface area contributed by atoms with Gasteiger partial charge in [-0.25, -0.2) is 13.1 Å². The zero-order valence-corrected chi connectivity index (χ0v) is 13.3. The van der Waals surface area contributed by atoms with Crippen molar-refractivity contribution in [1.29, 1.82) is 0 Å². The Kier molecular flexibility index (Phi) is 6.45. The summed E-state index contributed by atoms with van der Waals surface area (Å²) in [5.41, 5.74) is 0.613. The molecule has 0 saturated carbocycles. The maximum Gasteiger partial charge on any atom is 0.242 e. The molecule has 0 spiro atoms. The predicted molar refractivity (Wildman–Crippen MR) is 81.4 cm³/mol. The normalized spacial score (nSPS) is 13.4. The van der Waals surface area contributed by atoms with Crippen LogP contribution in [-0.4, -0.2) is 34.7 Å². The average molecular weight is 300 g/mol. The molecule has 114 valence electrons. The molecule has 0 aliphatic carbocycles. The van der Waals surface area contributed by atoms with E-state index >= 15 is 0 Å². The van der Waals surface area contributed by atoms with Gasteiger partial charge in [-0.1, -0.05) is 26.0 Å². The van der Waals surface area contributed by atoms with Gasteiger partial charge in [0.15, 0.2) is 0 Å². The minimum Gasteiger partial charge on any atom is -0.384 e. The molecule has 2 N–H and O–H groups in total. The van der Waals surface area contributed by atoms with Gasteiger partial charge in [-0.2, -0.15) is 0 Å². The minimum absolute atomic E-state index is 0.149. The molecule has 6 heteroatoms. The molecule has 5 nitrogen and oxygen atoms in total. The van der Waals surface area contributed by atoms with Crippen molar-refractivity contribution in [2.24, 2.45) is 5.92 Å². The Balaban J connectivity index is 3.04. The molecule has 1 rings (SSSR count). The first-order valence-corrected chi connectivity index (χ1v) is 8.24. The topological polar surface area (TPSA) is 67.4 Å². The van der Waals surface area contributed by atoms with E-state index in [1.54, 1.807) is 25.3 Å². The molecule has 0 fully saturated rings. The molecular formula is C14H24N2O3S. The number of anilines is 1. The fourth-order valence-corrected chi connectivity index (χ4v) is 3.40. The summed E-state index contributed by atoms with van der Waals surface area (Å²) in [4.78, 5) is 0.267. The maximum atomic E-state index is 12.5. The first-order chi connectivity index (χ1) is 9.42. The summed E-state index contributed by atoms with van der Waals surface area (Å²) in [5.74, 6) is 0.149. The maximum absolute atomic E-state index is 12.5. The second-order valence-corrected chi connectivity index (χ2v) is 6.64. The quantitative estimate of drug-likeness (QED) is 0.771. The lowest BCUT2D eigenvalue weighted by atomic mass is 10.1. The van der Waals surface area contributed by atoms with Crippen molar-refractivity contribution < 1.29 is 13.2 Å². The van der Waals surface area contributed by atoms with Crippen molar-refractivity contribution in [1.82, 2.24) is 4.72 Å². The Morgan fingerprint density at radius 1 is 1.25 bits per heavy atom. The number of hydrogen-bond donors (Lipinski definition) is 2. The van der Waals surface area contributed by atoms with Crippen LogP contribution < -0.4 is 10.0 Å². The third-order valence-electron chi connectivity index (χ3n) is 3.00. The van der Waals surface area contributed by atoms with Crippen LogP contribution in [0.25, 0.3) is 0 Å². The summed E-state index contributed by atoms with van der Waals surface area (Å²) in [6.45, 7) is 6.86. The predicted octanol–water partition coefficient (Wildman–Crippen LogP) is 2.07. The van der Waals surface area contributed by atoms with E-state index in [1.165, 1.54) is 0 Å². The van der Waals surface area contributed by atoms with Gasteiger partial charge in [0.05, 0.1) is 12.3 Å². The van der Waals surface area contributed by atoms with E-state index < -0.39 is 10.0 Å². The molecule has 1 aromatic rings. The van der Waals surface area contributed by atoms with Crippen LogP contribution in [0.2, 0.25) is 0 Å². The van der Waals surface area contributed by atoms with E-state index in [0.717, 1.165) is 0 Å². The van der Waals surface area contributed by atoms with Gasteiger partial charge in [-0.05, 0) is 25.0 Å². The number of ether oxygens (including phenoxy) is 1. The van der Waals surface area contributed by atoms with Crippen LogP contribution >= 0.6 is 0 Å². The number of benzene rings is 1. The lowest BCUT2D eigenvalue weighted by molar-refractivity contribution is 0.157. The molecule has 1 atom stereocenters. The smallest absolute Gasteiger partial charge is 0.242 e. The van der Waals surface area contributed by atoms with Gasteiger partial charge < -0.3 is 10.1 Å². The number of para-hydroxylation sites is 1. The second-order valence-electron chi connectivity index (χ2n) is 4.95. The highest BCUT2D eigenvalue weighted by molar-refractivity contribution is 7.89. The molecule has 20 heavy (non-hydrogen) atoms. The third-order valence-corrected chi connectivity index (χ3v) is 4.55. The SMILES string of the molecule is CCNc1ccccc1S(=O)(=O)NC(COC)C(C)C. The molecule has 0 aliphatic rings. The monoisotopic (exact) mass is 300 g/mol. The van der Waals surface area contributed by atoms with Crippen molar-refractivity contribution in [3.05, 3.63) is 24.3 Å². The van der Waals surface area contributed by atoms with E-state index in [-0.39, 0.29) is 16.9 Å². The highest BCUT2D eigenvalue weighted by atomic mass is 32.2. The van der Waals surface area contributed by atoms with Crippen LogP contribution in [0.1, 0.15) is 20.8 Å². The molecule has 0 saturated heterocycles. The first kappa shape index (κ1) is 16.9. The van der Waals surface area contributed by atoms with Gasteiger partial charge >= 0.3 is 0 Å². The van der Waals surface area contributed by atoms with Gasteiger partial charge in [-0.15, -0.1) is 0 Å². The minimum atomic E-state index is -3.57. The second kappa shape index (κ2) is 7.61. The van der Waals surface area contributed by atoms with Crippen LogP contribution in [0.5, 0.6) is 0 Å². The summed E-state index contributed by atoms with van der Waals surface area (Å²) >= 11 is 0. The van der Waals surface area contributed by atoms with E-state index in [1.807, 2.05) is 26.8 Å². The van der Waals surface area contributed by atoms with Crippen LogP contribution in [0, 0.1) is 5.92 Å².